The summed E-state index contributed by atoms with van der Waals surface area (Å²) in [7, 11) is 1.27. The minimum absolute atomic E-state index is 0.0844. The monoisotopic (exact) mass is 268 g/mol. The number of hydrogen-bond donors (Lipinski definition) is 2. The molecule has 7 nitrogen and oxygen atoms in total. The van der Waals surface area contributed by atoms with Gasteiger partial charge in [0.25, 0.3) is 5.91 Å². The first-order chi connectivity index (χ1) is 9.04. The van der Waals surface area contributed by atoms with Gasteiger partial charge in [0.1, 0.15) is 6.04 Å². The normalized spacial score (nSPS) is 11.5. The van der Waals surface area contributed by atoms with E-state index in [1.807, 2.05) is 0 Å². The number of rotatable bonds is 6. The smallest absolute Gasteiger partial charge is 0.307 e. The molecule has 2 amide bonds. The highest BCUT2D eigenvalue weighted by atomic mass is 16.5. The molecule has 0 aliphatic heterocycles. The van der Waals surface area contributed by atoms with Gasteiger partial charge in [0, 0.05) is 6.54 Å². The fraction of sp³-hybridized carbons (Fsp3) is 0.417. The molecule has 0 aliphatic rings. The van der Waals surface area contributed by atoms with Crippen LogP contribution in [0.4, 0.5) is 0 Å². The average molecular weight is 268 g/mol. The van der Waals surface area contributed by atoms with Crippen LogP contribution in [0.5, 0.6) is 0 Å². The maximum atomic E-state index is 11.6. The van der Waals surface area contributed by atoms with Crippen LogP contribution in [0.15, 0.2) is 22.8 Å². The van der Waals surface area contributed by atoms with Crippen LogP contribution < -0.4 is 10.6 Å². The lowest BCUT2D eigenvalue weighted by Crippen LogP contribution is -2.45. The van der Waals surface area contributed by atoms with Crippen LogP contribution in [0.3, 0.4) is 0 Å². The Labute approximate surface area is 110 Å². The third-order valence-corrected chi connectivity index (χ3v) is 2.34. The van der Waals surface area contributed by atoms with Gasteiger partial charge in [-0.25, -0.2) is 0 Å². The van der Waals surface area contributed by atoms with Gasteiger partial charge >= 0.3 is 5.97 Å². The number of amides is 2. The second-order valence-electron chi connectivity index (χ2n) is 3.79. The highest BCUT2D eigenvalue weighted by Crippen LogP contribution is 1.99. The van der Waals surface area contributed by atoms with E-state index in [4.69, 9.17) is 4.42 Å². The Morgan fingerprint density at radius 2 is 2.16 bits per heavy atom. The third kappa shape index (κ3) is 4.82. The quantitative estimate of drug-likeness (QED) is 0.712. The molecule has 1 rings (SSSR count). The highest BCUT2D eigenvalue weighted by molar-refractivity contribution is 5.95. The topological polar surface area (TPSA) is 97.6 Å². The summed E-state index contributed by atoms with van der Waals surface area (Å²) in [6, 6.07) is 2.35. The minimum Gasteiger partial charge on any atom is -0.469 e. The predicted octanol–water partition coefficient (Wildman–Crippen LogP) is 0.0772. The van der Waals surface area contributed by atoms with Crippen molar-refractivity contribution in [1.82, 2.24) is 10.6 Å². The van der Waals surface area contributed by atoms with E-state index in [9.17, 15) is 14.4 Å². The van der Waals surface area contributed by atoms with E-state index in [0.29, 0.717) is 0 Å². The van der Waals surface area contributed by atoms with E-state index in [1.54, 1.807) is 6.07 Å². The highest BCUT2D eigenvalue weighted by Gasteiger charge is 2.17. The molecular weight excluding hydrogens is 252 g/mol. The van der Waals surface area contributed by atoms with Gasteiger partial charge in [-0.2, -0.15) is 0 Å². The summed E-state index contributed by atoms with van der Waals surface area (Å²) in [5, 5.41) is 4.99. The van der Waals surface area contributed by atoms with Crippen LogP contribution in [0, 0.1) is 0 Å². The molecular formula is C12H16N2O5. The van der Waals surface area contributed by atoms with Crippen molar-refractivity contribution in [1.29, 1.82) is 0 Å². The molecule has 0 aromatic carbocycles. The molecule has 19 heavy (non-hydrogen) atoms. The molecule has 7 heteroatoms. The Bertz CT molecular complexity index is 441. The summed E-state index contributed by atoms with van der Waals surface area (Å²) >= 11 is 0. The molecule has 2 N–H and O–H groups in total. The second-order valence-corrected chi connectivity index (χ2v) is 3.79. The van der Waals surface area contributed by atoms with E-state index in [1.165, 1.54) is 26.4 Å². The summed E-state index contributed by atoms with van der Waals surface area (Å²) in [5.41, 5.74) is 0. The van der Waals surface area contributed by atoms with Gasteiger partial charge in [-0.3, -0.25) is 14.4 Å². The van der Waals surface area contributed by atoms with Crippen LogP contribution in [0.2, 0.25) is 0 Å². The van der Waals surface area contributed by atoms with Gasteiger partial charge in [-0.15, -0.1) is 0 Å². The van der Waals surface area contributed by atoms with Crippen molar-refractivity contribution in [3.8, 4) is 0 Å². The largest absolute Gasteiger partial charge is 0.469 e. The Kier molecular flexibility index (Phi) is 5.59. The minimum atomic E-state index is -0.727. The first-order valence-corrected chi connectivity index (χ1v) is 5.73. The molecule has 1 aromatic rings. The van der Waals surface area contributed by atoms with Crippen LogP contribution in [-0.4, -0.2) is 37.5 Å². The second kappa shape index (κ2) is 7.20. The van der Waals surface area contributed by atoms with Gasteiger partial charge in [0.2, 0.25) is 5.91 Å². The number of carbonyl (C=O) groups is 3. The lowest BCUT2D eigenvalue weighted by Gasteiger charge is -2.12. The lowest BCUT2D eigenvalue weighted by atomic mass is 10.3. The number of nitrogens with one attached hydrogen (secondary N) is 2. The fourth-order valence-corrected chi connectivity index (χ4v) is 1.28. The van der Waals surface area contributed by atoms with Crippen molar-refractivity contribution in [3.63, 3.8) is 0 Å². The molecule has 1 atom stereocenters. The van der Waals surface area contributed by atoms with E-state index in [0.717, 1.165) is 0 Å². The zero-order valence-electron chi connectivity index (χ0n) is 10.8. The molecule has 0 saturated carbocycles. The van der Waals surface area contributed by atoms with Gasteiger partial charge in [-0.1, -0.05) is 0 Å². The third-order valence-electron chi connectivity index (χ3n) is 2.34. The Morgan fingerprint density at radius 1 is 1.42 bits per heavy atom. The molecule has 0 saturated heterocycles. The molecule has 1 heterocycles. The number of ether oxygens (including phenoxy) is 1. The van der Waals surface area contributed by atoms with Gasteiger partial charge in [0.05, 0.1) is 19.8 Å². The Balaban J connectivity index is 2.32. The van der Waals surface area contributed by atoms with E-state index >= 15 is 0 Å². The molecule has 1 unspecified atom stereocenters. The van der Waals surface area contributed by atoms with E-state index in [2.05, 4.69) is 15.4 Å². The van der Waals surface area contributed by atoms with Gasteiger partial charge < -0.3 is 19.8 Å². The van der Waals surface area contributed by atoms with Crippen molar-refractivity contribution in [2.24, 2.45) is 0 Å². The summed E-state index contributed by atoms with van der Waals surface area (Å²) in [5.74, 6) is -1.13. The number of furan rings is 1. The number of methoxy groups -OCH3 is 1. The summed E-state index contributed by atoms with van der Waals surface area (Å²) < 4.78 is 9.33. The van der Waals surface area contributed by atoms with Gasteiger partial charge in [0.15, 0.2) is 5.76 Å². The molecule has 1 aromatic heterocycles. The maximum absolute atomic E-state index is 11.6. The zero-order chi connectivity index (χ0) is 14.3. The maximum Gasteiger partial charge on any atom is 0.307 e. The summed E-state index contributed by atoms with van der Waals surface area (Å²) in [4.78, 5) is 34.0. The van der Waals surface area contributed by atoms with E-state index in [-0.39, 0.29) is 24.6 Å². The van der Waals surface area contributed by atoms with Crippen molar-refractivity contribution in [2.75, 3.05) is 13.7 Å². The molecule has 0 spiro atoms. The first kappa shape index (κ1) is 14.7. The SMILES string of the molecule is COC(=O)CCNC(=O)C(C)NC(=O)c1ccco1. The molecule has 0 aliphatic carbocycles. The van der Waals surface area contributed by atoms with Crippen LogP contribution in [0.25, 0.3) is 0 Å². The fourth-order valence-electron chi connectivity index (χ4n) is 1.28. The molecule has 0 bridgehead atoms. The van der Waals surface area contributed by atoms with Gasteiger partial charge in [-0.05, 0) is 19.1 Å². The van der Waals surface area contributed by atoms with Crippen molar-refractivity contribution in [3.05, 3.63) is 24.2 Å². The summed E-state index contributed by atoms with van der Waals surface area (Å²) in [6.07, 6.45) is 1.46. The Hall–Kier alpha value is -2.31. The Morgan fingerprint density at radius 3 is 2.74 bits per heavy atom. The predicted molar refractivity (Wildman–Crippen MR) is 65.3 cm³/mol. The standard InChI is InChI=1S/C12H16N2O5/c1-8(11(16)13-6-5-10(15)18-2)14-12(17)9-4-3-7-19-9/h3-4,7-8H,5-6H2,1-2H3,(H,13,16)(H,14,17). The van der Waals surface area contributed by atoms with Crippen LogP contribution in [0.1, 0.15) is 23.9 Å². The molecule has 104 valence electrons. The van der Waals surface area contributed by atoms with E-state index < -0.39 is 17.9 Å². The van der Waals surface area contributed by atoms with Crippen LogP contribution >= 0.6 is 0 Å². The lowest BCUT2D eigenvalue weighted by molar-refractivity contribution is -0.140. The number of carbonyl (C=O) groups excluding carboxylic acids is 3. The van der Waals surface area contributed by atoms with Crippen molar-refractivity contribution >= 4 is 17.8 Å². The summed E-state index contributed by atoms with van der Waals surface area (Å²) in [6.45, 7) is 1.70. The molecule has 0 radical (unpaired) electrons. The average Bonchev–Trinajstić information content (AvgIpc) is 2.92. The zero-order valence-corrected chi connectivity index (χ0v) is 10.8. The van der Waals surface area contributed by atoms with Crippen molar-refractivity contribution < 1.29 is 23.5 Å². The van der Waals surface area contributed by atoms with Crippen LogP contribution in [-0.2, 0) is 14.3 Å². The van der Waals surface area contributed by atoms with Crippen molar-refractivity contribution in [2.45, 2.75) is 19.4 Å². The number of hydrogen-bond acceptors (Lipinski definition) is 5. The number of esters is 1. The first-order valence-electron chi connectivity index (χ1n) is 5.73. The molecule has 0 fully saturated rings.